The molecule has 8 heteroatoms. The molecule has 2 aliphatic heterocycles. The molecule has 0 bridgehead atoms. The van der Waals surface area contributed by atoms with E-state index < -0.39 is 5.41 Å². The number of benzene rings is 2. The minimum atomic E-state index is -0.503. The normalized spacial score (nSPS) is 19.0. The fourth-order valence-electron chi connectivity index (χ4n) is 3.66. The van der Waals surface area contributed by atoms with Crippen LogP contribution >= 0.6 is 11.6 Å². The van der Waals surface area contributed by atoms with Crippen LogP contribution in [0, 0.1) is 17.2 Å². The van der Waals surface area contributed by atoms with Crippen molar-refractivity contribution in [3.05, 3.63) is 87.8 Å². The van der Waals surface area contributed by atoms with Gasteiger partial charge in [0.1, 0.15) is 12.0 Å². The maximum atomic E-state index is 13.2. The Kier molecular flexibility index (Phi) is 6.57. The van der Waals surface area contributed by atoms with Crippen LogP contribution in [0.1, 0.15) is 42.3 Å². The molecular weight excluding hydrogens is 455 g/mol. The SMILES string of the molecule is CC(C)(C)C(=O)NCc1ccc(Cl)c(C(=O)NC2=CC3C=C(c4ccc(F)cc4)NC3N=C2)c1. The summed E-state index contributed by atoms with van der Waals surface area (Å²) in [5.41, 5.74) is 2.87. The van der Waals surface area contributed by atoms with Crippen molar-refractivity contribution in [2.75, 3.05) is 0 Å². The van der Waals surface area contributed by atoms with Crippen LogP contribution < -0.4 is 16.0 Å². The minimum Gasteiger partial charge on any atom is -0.363 e. The predicted octanol–water partition coefficient (Wildman–Crippen LogP) is 4.43. The van der Waals surface area contributed by atoms with Crippen molar-refractivity contribution >= 4 is 35.3 Å². The van der Waals surface area contributed by atoms with Gasteiger partial charge in [-0.1, -0.05) is 50.6 Å². The van der Waals surface area contributed by atoms with E-state index in [0.717, 1.165) is 16.8 Å². The first-order valence-corrected chi connectivity index (χ1v) is 11.4. The lowest BCUT2D eigenvalue weighted by Gasteiger charge is -2.20. The third-order valence-corrected chi connectivity index (χ3v) is 5.93. The Hall–Kier alpha value is -3.45. The summed E-state index contributed by atoms with van der Waals surface area (Å²) in [4.78, 5) is 29.6. The van der Waals surface area contributed by atoms with Crippen LogP contribution in [0.4, 0.5) is 4.39 Å². The molecule has 34 heavy (non-hydrogen) atoms. The summed E-state index contributed by atoms with van der Waals surface area (Å²) in [6.07, 6.45) is 5.35. The van der Waals surface area contributed by atoms with Crippen molar-refractivity contribution in [3.8, 4) is 0 Å². The number of dihydropyridines is 1. The van der Waals surface area contributed by atoms with Crippen LogP contribution in [-0.2, 0) is 11.3 Å². The molecule has 0 radical (unpaired) electrons. The molecule has 2 unspecified atom stereocenters. The fourth-order valence-corrected chi connectivity index (χ4v) is 3.86. The van der Waals surface area contributed by atoms with Gasteiger partial charge >= 0.3 is 0 Å². The Morgan fingerprint density at radius 2 is 1.85 bits per heavy atom. The van der Waals surface area contributed by atoms with Crippen LogP contribution in [0.15, 0.2) is 65.3 Å². The number of amides is 2. The van der Waals surface area contributed by atoms with Gasteiger partial charge in [0.05, 0.1) is 16.3 Å². The number of carbonyl (C=O) groups excluding carboxylic acids is 2. The number of nitrogens with one attached hydrogen (secondary N) is 3. The van der Waals surface area contributed by atoms with Crippen LogP contribution in [0.2, 0.25) is 5.02 Å². The molecule has 2 aromatic carbocycles. The molecule has 2 atom stereocenters. The van der Waals surface area contributed by atoms with Gasteiger partial charge in [-0.3, -0.25) is 14.6 Å². The van der Waals surface area contributed by atoms with Gasteiger partial charge in [-0.05, 0) is 47.5 Å². The number of halogens is 2. The summed E-state index contributed by atoms with van der Waals surface area (Å²) in [7, 11) is 0. The Morgan fingerprint density at radius 1 is 1.12 bits per heavy atom. The second-order valence-electron chi connectivity index (χ2n) is 9.35. The van der Waals surface area contributed by atoms with Crippen molar-refractivity contribution in [1.82, 2.24) is 16.0 Å². The number of fused-ring (bicyclic) bond motifs is 1. The van der Waals surface area contributed by atoms with Crippen LogP contribution in [0.5, 0.6) is 0 Å². The van der Waals surface area contributed by atoms with Gasteiger partial charge in [-0.25, -0.2) is 4.39 Å². The Balaban J connectivity index is 1.45. The van der Waals surface area contributed by atoms with E-state index in [9.17, 15) is 14.0 Å². The van der Waals surface area contributed by atoms with Gasteiger partial charge in [-0.2, -0.15) is 0 Å². The minimum absolute atomic E-state index is 0.0604. The standard InChI is InChI=1S/C26H26ClFN4O2/c1-26(2,3)25(34)30-13-15-4-9-21(27)20(10-15)24(33)31-19-11-17-12-22(32-23(17)29-14-19)16-5-7-18(28)8-6-16/h4-12,14,17,23,32H,13H2,1-3H3,(H,30,34)(H,31,33). The van der Waals surface area contributed by atoms with Crippen LogP contribution in [-0.4, -0.2) is 24.2 Å². The number of aliphatic imine (C=N–C) groups is 1. The molecule has 3 N–H and O–H groups in total. The lowest BCUT2D eigenvalue weighted by molar-refractivity contribution is -0.128. The first-order valence-electron chi connectivity index (χ1n) is 11.0. The van der Waals surface area contributed by atoms with Gasteiger partial charge < -0.3 is 16.0 Å². The molecule has 2 aliphatic rings. The van der Waals surface area contributed by atoms with Crippen molar-refractivity contribution < 1.29 is 14.0 Å². The molecule has 0 spiro atoms. The monoisotopic (exact) mass is 480 g/mol. The molecule has 0 fully saturated rings. The summed E-state index contributed by atoms with van der Waals surface area (Å²) in [6, 6.07) is 11.3. The number of hydrogen-bond donors (Lipinski definition) is 3. The summed E-state index contributed by atoms with van der Waals surface area (Å²) in [5, 5.41) is 9.36. The summed E-state index contributed by atoms with van der Waals surface area (Å²) in [6.45, 7) is 5.81. The highest BCUT2D eigenvalue weighted by Crippen LogP contribution is 2.28. The number of hydrogen-bond acceptors (Lipinski definition) is 4. The molecule has 2 amide bonds. The van der Waals surface area contributed by atoms with Crippen molar-refractivity contribution in [2.24, 2.45) is 16.3 Å². The quantitative estimate of drug-likeness (QED) is 0.592. The van der Waals surface area contributed by atoms with E-state index in [4.69, 9.17) is 11.6 Å². The molecule has 176 valence electrons. The van der Waals surface area contributed by atoms with Crippen molar-refractivity contribution in [3.63, 3.8) is 0 Å². The molecular formula is C26H26ClFN4O2. The second kappa shape index (κ2) is 9.43. The van der Waals surface area contributed by atoms with E-state index in [2.05, 4.69) is 20.9 Å². The smallest absolute Gasteiger partial charge is 0.257 e. The molecule has 0 aromatic heterocycles. The second-order valence-corrected chi connectivity index (χ2v) is 9.76. The zero-order chi connectivity index (χ0) is 24.5. The van der Waals surface area contributed by atoms with E-state index in [1.54, 1.807) is 36.5 Å². The summed E-state index contributed by atoms with van der Waals surface area (Å²) in [5.74, 6) is -0.791. The molecule has 6 nitrogen and oxygen atoms in total. The van der Waals surface area contributed by atoms with Gasteiger partial charge in [0, 0.05) is 29.8 Å². The Labute approximate surface area is 203 Å². The van der Waals surface area contributed by atoms with E-state index in [-0.39, 0.29) is 29.7 Å². The average molecular weight is 481 g/mol. The number of allylic oxidation sites excluding steroid dienone is 1. The Morgan fingerprint density at radius 3 is 2.56 bits per heavy atom. The van der Waals surface area contributed by atoms with Gasteiger partial charge in [0.2, 0.25) is 5.91 Å². The summed E-state index contributed by atoms with van der Waals surface area (Å²) >= 11 is 6.28. The molecule has 4 rings (SSSR count). The first-order chi connectivity index (χ1) is 16.1. The highest BCUT2D eigenvalue weighted by atomic mass is 35.5. The lowest BCUT2D eigenvalue weighted by Crippen LogP contribution is -2.34. The topological polar surface area (TPSA) is 82.6 Å². The van der Waals surface area contributed by atoms with E-state index in [0.29, 0.717) is 22.8 Å². The fraction of sp³-hybridized carbons (Fsp3) is 0.269. The maximum Gasteiger partial charge on any atom is 0.257 e. The molecule has 0 saturated heterocycles. The van der Waals surface area contributed by atoms with E-state index in [1.807, 2.05) is 32.9 Å². The predicted molar refractivity (Wildman–Crippen MR) is 132 cm³/mol. The zero-order valence-electron chi connectivity index (χ0n) is 19.2. The number of rotatable bonds is 5. The van der Waals surface area contributed by atoms with Crippen molar-refractivity contribution in [2.45, 2.75) is 33.5 Å². The largest absolute Gasteiger partial charge is 0.363 e. The Bertz CT molecular complexity index is 1210. The number of carbonyl (C=O) groups is 2. The lowest BCUT2D eigenvalue weighted by atomic mass is 9.95. The average Bonchev–Trinajstić information content (AvgIpc) is 3.21. The van der Waals surface area contributed by atoms with Gasteiger partial charge in [0.15, 0.2) is 0 Å². The molecule has 2 heterocycles. The third kappa shape index (κ3) is 5.37. The van der Waals surface area contributed by atoms with E-state index in [1.165, 1.54) is 12.1 Å². The maximum absolute atomic E-state index is 13.2. The third-order valence-electron chi connectivity index (χ3n) is 5.60. The molecule has 0 saturated carbocycles. The highest BCUT2D eigenvalue weighted by Gasteiger charge is 2.28. The first kappa shape index (κ1) is 23.7. The molecule has 0 aliphatic carbocycles. The van der Waals surface area contributed by atoms with Gasteiger partial charge in [-0.15, -0.1) is 0 Å². The van der Waals surface area contributed by atoms with E-state index >= 15 is 0 Å². The molecule has 2 aromatic rings. The van der Waals surface area contributed by atoms with Crippen molar-refractivity contribution in [1.29, 1.82) is 0 Å². The summed E-state index contributed by atoms with van der Waals surface area (Å²) < 4.78 is 13.2. The van der Waals surface area contributed by atoms with Gasteiger partial charge in [0.25, 0.3) is 5.91 Å². The van der Waals surface area contributed by atoms with Crippen LogP contribution in [0.25, 0.3) is 5.70 Å². The highest BCUT2D eigenvalue weighted by molar-refractivity contribution is 6.34. The zero-order valence-corrected chi connectivity index (χ0v) is 19.9. The number of nitrogens with zero attached hydrogens (tertiary/aromatic N) is 1. The van der Waals surface area contributed by atoms with Crippen LogP contribution in [0.3, 0.4) is 0 Å².